The molecule has 8 heteroatoms. The molecule has 1 aliphatic heterocycles. The van der Waals surface area contributed by atoms with Crippen LogP contribution in [0.4, 0.5) is 4.79 Å². The van der Waals surface area contributed by atoms with E-state index in [0.29, 0.717) is 25.4 Å². The molecule has 1 aromatic rings. The quantitative estimate of drug-likeness (QED) is 0.735. The molecule has 25 heavy (non-hydrogen) atoms. The number of carbonyl (C=O) groups excluding carboxylic acids is 3. The van der Waals surface area contributed by atoms with Crippen LogP contribution in [0, 0.1) is 6.92 Å². The zero-order valence-electron chi connectivity index (χ0n) is 14.9. The number of amides is 4. The fraction of sp³-hybridized carbons (Fsp3) is 0.588. The summed E-state index contributed by atoms with van der Waals surface area (Å²) in [6.07, 6.45) is 2.98. The van der Waals surface area contributed by atoms with Crippen molar-refractivity contribution in [3.05, 3.63) is 23.7 Å². The van der Waals surface area contributed by atoms with Gasteiger partial charge in [-0.05, 0) is 39.7 Å². The van der Waals surface area contributed by atoms with Crippen molar-refractivity contribution in [2.24, 2.45) is 0 Å². The maximum atomic E-state index is 12.2. The van der Waals surface area contributed by atoms with E-state index >= 15 is 0 Å². The molecule has 0 aromatic carbocycles. The second-order valence-electron chi connectivity index (χ2n) is 6.24. The zero-order chi connectivity index (χ0) is 18.4. The molecule has 0 radical (unpaired) electrons. The van der Waals surface area contributed by atoms with Crippen molar-refractivity contribution in [3.63, 3.8) is 0 Å². The van der Waals surface area contributed by atoms with Crippen LogP contribution in [-0.4, -0.2) is 54.5 Å². The van der Waals surface area contributed by atoms with Gasteiger partial charge in [0.05, 0.1) is 12.3 Å². The minimum absolute atomic E-state index is 0.0481. The highest BCUT2D eigenvalue weighted by Gasteiger charge is 2.28. The monoisotopic (exact) mass is 350 g/mol. The van der Waals surface area contributed by atoms with Gasteiger partial charge >= 0.3 is 6.03 Å². The number of aryl methyl sites for hydroxylation is 1. The van der Waals surface area contributed by atoms with Crippen molar-refractivity contribution < 1.29 is 18.8 Å². The Balaban J connectivity index is 1.79. The van der Waals surface area contributed by atoms with Gasteiger partial charge in [0, 0.05) is 31.2 Å². The summed E-state index contributed by atoms with van der Waals surface area (Å²) in [5.41, 5.74) is 0.811. The van der Waals surface area contributed by atoms with Crippen LogP contribution in [0.15, 0.2) is 16.7 Å². The lowest BCUT2D eigenvalue weighted by Gasteiger charge is -2.35. The Morgan fingerprint density at radius 1 is 1.32 bits per heavy atom. The number of rotatable bonds is 5. The third-order valence-electron chi connectivity index (χ3n) is 4.43. The summed E-state index contributed by atoms with van der Waals surface area (Å²) in [5, 5.41) is 7.84. The molecular formula is C17H26N4O4. The van der Waals surface area contributed by atoms with Crippen molar-refractivity contribution in [1.82, 2.24) is 20.9 Å². The molecule has 4 amide bonds. The fourth-order valence-electron chi connectivity index (χ4n) is 2.87. The molecule has 1 fully saturated rings. The Hall–Kier alpha value is -2.35. The standard InChI is InChI=1S/C17H26N4O4/c1-4-18-17(24)20-15(22)12(3)21-8-5-13(6-9-21)19-16(23)14-11(2)7-10-25-14/h7,10,12-13H,4-6,8-9H2,1-3H3,(H,19,23)(H2,18,20,22,24)/t12-/m0/s1. The molecule has 0 unspecified atom stereocenters. The highest BCUT2D eigenvalue weighted by molar-refractivity contribution is 5.96. The lowest BCUT2D eigenvalue weighted by Crippen LogP contribution is -2.53. The number of carbonyl (C=O) groups is 3. The lowest BCUT2D eigenvalue weighted by molar-refractivity contribution is -0.125. The number of nitrogens with zero attached hydrogens (tertiary/aromatic N) is 1. The highest BCUT2D eigenvalue weighted by Crippen LogP contribution is 2.15. The number of imide groups is 1. The molecule has 0 spiro atoms. The van der Waals surface area contributed by atoms with Gasteiger partial charge in [-0.2, -0.15) is 0 Å². The van der Waals surface area contributed by atoms with E-state index in [1.165, 1.54) is 6.26 Å². The first-order valence-corrected chi connectivity index (χ1v) is 8.60. The van der Waals surface area contributed by atoms with Gasteiger partial charge in [-0.25, -0.2) is 4.79 Å². The number of nitrogens with one attached hydrogen (secondary N) is 3. The zero-order valence-corrected chi connectivity index (χ0v) is 14.9. The van der Waals surface area contributed by atoms with Crippen LogP contribution in [-0.2, 0) is 4.79 Å². The van der Waals surface area contributed by atoms with E-state index in [1.54, 1.807) is 19.9 Å². The molecule has 3 N–H and O–H groups in total. The molecule has 8 nitrogen and oxygen atoms in total. The summed E-state index contributed by atoms with van der Waals surface area (Å²) in [6, 6.07) is 0.931. The van der Waals surface area contributed by atoms with Crippen LogP contribution in [0.5, 0.6) is 0 Å². The minimum Gasteiger partial charge on any atom is -0.459 e. The second-order valence-corrected chi connectivity index (χ2v) is 6.24. The van der Waals surface area contributed by atoms with E-state index in [2.05, 4.69) is 16.0 Å². The van der Waals surface area contributed by atoms with E-state index in [1.807, 2.05) is 11.8 Å². The predicted molar refractivity (Wildman–Crippen MR) is 92.2 cm³/mol. The van der Waals surface area contributed by atoms with Crippen LogP contribution in [0.25, 0.3) is 0 Å². The Morgan fingerprint density at radius 3 is 2.56 bits per heavy atom. The summed E-state index contributed by atoms with van der Waals surface area (Å²) >= 11 is 0. The first-order valence-electron chi connectivity index (χ1n) is 8.60. The van der Waals surface area contributed by atoms with E-state index in [0.717, 1.165) is 18.4 Å². The van der Waals surface area contributed by atoms with Crippen molar-refractivity contribution in [2.45, 2.75) is 45.7 Å². The summed E-state index contributed by atoms with van der Waals surface area (Å²) in [7, 11) is 0. The third-order valence-corrected chi connectivity index (χ3v) is 4.43. The van der Waals surface area contributed by atoms with Gasteiger partial charge in [-0.15, -0.1) is 0 Å². The fourth-order valence-corrected chi connectivity index (χ4v) is 2.87. The Kier molecular flexibility index (Phi) is 6.58. The Bertz CT molecular complexity index is 620. The van der Waals surface area contributed by atoms with Crippen molar-refractivity contribution >= 4 is 17.8 Å². The average molecular weight is 350 g/mol. The largest absolute Gasteiger partial charge is 0.459 e. The number of furan rings is 1. The third kappa shape index (κ3) is 5.06. The van der Waals surface area contributed by atoms with E-state index in [9.17, 15) is 14.4 Å². The van der Waals surface area contributed by atoms with Crippen LogP contribution in [0.1, 0.15) is 42.8 Å². The van der Waals surface area contributed by atoms with Gasteiger partial charge in [0.1, 0.15) is 0 Å². The molecular weight excluding hydrogens is 324 g/mol. The lowest BCUT2D eigenvalue weighted by atomic mass is 10.0. The van der Waals surface area contributed by atoms with Crippen LogP contribution in [0.2, 0.25) is 0 Å². The Labute approximate surface area is 147 Å². The van der Waals surface area contributed by atoms with Gasteiger partial charge in [0.15, 0.2) is 5.76 Å². The molecule has 2 rings (SSSR count). The van der Waals surface area contributed by atoms with Crippen LogP contribution >= 0.6 is 0 Å². The van der Waals surface area contributed by atoms with Gasteiger partial charge in [0.25, 0.3) is 5.91 Å². The van der Waals surface area contributed by atoms with Gasteiger partial charge in [-0.3, -0.25) is 19.8 Å². The normalized spacial score (nSPS) is 16.9. The van der Waals surface area contributed by atoms with E-state index < -0.39 is 12.1 Å². The average Bonchev–Trinajstić information content (AvgIpc) is 3.01. The molecule has 1 aromatic heterocycles. The van der Waals surface area contributed by atoms with E-state index in [4.69, 9.17) is 4.42 Å². The van der Waals surface area contributed by atoms with Crippen molar-refractivity contribution in [3.8, 4) is 0 Å². The summed E-state index contributed by atoms with van der Waals surface area (Å²) in [5.74, 6) is -0.181. The first kappa shape index (κ1) is 19.0. The number of piperidine rings is 1. The first-order chi connectivity index (χ1) is 11.9. The summed E-state index contributed by atoms with van der Waals surface area (Å²) < 4.78 is 5.20. The number of urea groups is 1. The maximum absolute atomic E-state index is 12.2. The number of hydrogen-bond acceptors (Lipinski definition) is 5. The van der Waals surface area contributed by atoms with Crippen molar-refractivity contribution in [2.75, 3.05) is 19.6 Å². The predicted octanol–water partition coefficient (Wildman–Crippen LogP) is 1.02. The van der Waals surface area contributed by atoms with Crippen LogP contribution < -0.4 is 16.0 Å². The smallest absolute Gasteiger partial charge is 0.321 e. The number of likely N-dealkylation sites (tertiary alicyclic amines) is 1. The van der Waals surface area contributed by atoms with E-state index in [-0.39, 0.29) is 17.9 Å². The topological polar surface area (TPSA) is 104 Å². The molecule has 1 saturated heterocycles. The minimum atomic E-state index is -0.477. The van der Waals surface area contributed by atoms with Gasteiger partial charge in [0.2, 0.25) is 5.91 Å². The highest BCUT2D eigenvalue weighted by atomic mass is 16.3. The van der Waals surface area contributed by atoms with Crippen LogP contribution in [0.3, 0.4) is 0 Å². The summed E-state index contributed by atoms with van der Waals surface area (Å²) in [6.45, 7) is 7.21. The molecule has 0 saturated carbocycles. The summed E-state index contributed by atoms with van der Waals surface area (Å²) in [4.78, 5) is 37.7. The SMILES string of the molecule is CCNC(=O)NC(=O)[C@H](C)N1CCC(NC(=O)c2occc2C)CC1. The van der Waals surface area contributed by atoms with Crippen molar-refractivity contribution in [1.29, 1.82) is 0 Å². The molecule has 2 heterocycles. The molecule has 1 aliphatic rings. The maximum Gasteiger partial charge on any atom is 0.321 e. The Morgan fingerprint density at radius 2 is 2.00 bits per heavy atom. The molecule has 0 bridgehead atoms. The molecule has 138 valence electrons. The van der Waals surface area contributed by atoms with Gasteiger partial charge in [-0.1, -0.05) is 0 Å². The molecule has 1 atom stereocenters. The number of hydrogen-bond donors (Lipinski definition) is 3. The second kappa shape index (κ2) is 8.66. The molecule has 0 aliphatic carbocycles. The van der Waals surface area contributed by atoms with Gasteiger partial charge < -0.3 is 15.1 Å².